The van der Waals surface area contributed by atoms with Gasteiger partial charge in [-0.05, 0) is 6.92 Å². The molecule has 0 aliphatic rings. The van der Waals surface area contributed by atoms with Crippen LogP contribution in [0.5, 0.6) is 0 Å². The van der Waals surface area contributed by atoms with Gasteiger partial charge < -0.3 is 16.0 Å². The van der Waals surface area contributed by atoms with Gasteiger partial charge >= 0.3 is 0 Å². The predicted octanol–water partition coefficient (Wildman–Crippen LogP) is -0.490. The first-order chi connectivity index (χ1) is 6.24. The molecule has 0 aliphatic carbocycles. The van der Waals surface area contributed by atoms with Crippen LogP contribution in [-0.4, -0.2) is 21.7 Å². The summed E-state index contributed by atoms with van der Waals surface area (Å²) < 4.78 is 1.92. The van der Waals surface area contributed by atoms with Crippen LogP contribution in [0, 0.1) is 0 Å². The molecule has 0 aliphatic heterocycles. The Balaban J connectivity index is 2.73. The normalized spacial score (nSPS) is 10.5. The Morgan fingerprint density at radius 2 is 2.46 bits per heavy atom. The highest BCUT2D eigenvalue weighted by Crippen LogP contribution is 1.94. The number of hydrogen-bond acceptors (Lipinski definition) is 3. The molecule has 13 heavy (non-hydrogen) atoms. The number of nitrogens with zero attached hydrogens (tertiary/aromatic N) is 4. The summed E-state index contributed by atoms with van der Waals surface area (Å²) in [6.45, 7) is 2.85. The van der Waals surface area contributed by atoms with Crippen molar-refractivity contribution in [2.24, 2.45) is 21.7 Å². The molecule has 1 aromatic heterocycles. The minimum absolute atomic E-state index is 0.0567. The van der Waals surface area contributed by atoms with E-state index in [2.05, 4.69) is 15.2 Å². The molecule has 4 N–H and O–H groups in total. The van der Waals surface area contributed by atoms with Crippen LogP contribution in [0.25, 0.3) is 0 Å². The number of aromatic nitrogens is 2. The first kappa shape index (κ1) is 9.24. The number of nitrogens with two attached hydrogens (primary N) is 2. The second-order valence-corrected chi connectivity index (χ2v) is 2.37. The predicted molar refractivity (Wildman–Crippen MR) is 51.3 cm³/mol. The molecular formula is C7H12N6. The number of rotatable bonds is 3. The molecule has 0 bridgehead atoms. The van der Waals surface area contributed by atoms with Crippen molar-refractivity contribution in [1.29, 1.82) is 0 Å². The summed E-state index contributed by atoms with van der Waals surface area (Å²) in [5, 5.41) is 7.15. The standard InChI is InChI=1S/C7H12N6/c1-2-13-5-10-3-6(13)4-11-12-7(8)9/h3-5H,2H2,1H3,(H4,8,9,12). The molecule has 0 saturated heterocycles. The maximum atomic E-state index is 5.09. The van der Waals surface area contributed by atoms with Gasteiger partial charge in [-0.2, -0.15) is 5.10 Å². The lowest BCUT2D eigenvalue weighted by atomic mass is 10.5. The quantitative estimate of drug-likeness (QED) is 0.373. The van der Waals surface area contributed by atoms with Gasteiger partial charge in [0.25, 0.3) is 0 Å². The fourth-order valence-corrected chi connectivity index (χ4v) is 0.857. The first-order valence-electron chi connectivity index (χ1n) is 3.86. The largest absolute Gasteiger partial charge is 0.369 e. The van der Waals surface area contributed by atoms with E-state index in [0.29, 0.717) is 0 Å². The topological polar surface area (TPSA) is 94.6 Å². The molecule has 0 fully saturated rings. The van der Waals surface area contributed by atoms with Crippen LogP contribution in [0.3, 0.4) is 0 Å². The van der Waals surface area contributed by atoms with Gasteiger partial charge in [-0.1, -0.05) is 0 Å². The van der Waals surface area contributed by atoms with E-state index in [1.165, 1.54) is 0 Å². The molecule has 1 rings (SSSR count). The fourth-order valence-electron chi connectivity index (χ4n) is 0.857. The van der Waals surface area contributed by atoms with E-state index in [1.807, 2.05) is 11.5 Å². The van der Waals surface area contributed by atoms with Gasteiger partial charge in [0, 0.05) is 6.54 Å². The van der Waals surface area contributed by atoms with Crippen molar-refractivity contribution in [3.05, 3.63) is 18.2 Å². The van der Waals surface area contributed by atoms with Crippen LogP contribution in [-0.2, 0) is 6.54 Å². The van der Waals surface area contributed by atoms with Crippen LogP contribution in [0.2, 0.25) is 0 Å². The molecule has 6 nitrogen and oxygen atoms in total. The third-order valence-electron chi connectivity index (χ3n) is 1.45. The molecule has 70 valence electrons. The number of guanidine groups is 1. The smallest absolute Gasteiger partial charge is 0.211 e. The highest BCUT2D eigenvalue weighted by atomic mass is 15.3. The second-order valence-electron chi connectivity index (χ2n) is 2.37. The van der Waals surface area contributed by atoms with Crippen molar-refractivity contribution in [3.63, 3.8) is 0 Å². The fraction of sp³-hybridized carbons (Fsp3) is 0.286. The lowest BCUT2D eigenvalue weighted by Gasteiger charge is -1.96. The van der Waals surface area contributed by atoms with Crippen molar-refractivity contribution >= 4 is 12.2 Å². The summed E-state index contributed by atoms with van der Waals surface area (Å²) in [7, 11) is 0. The molecule has 0 amide bonds. The van der Waals surface area contributed by atoms with Gasteiger partial charge in [0.1, 0.15) is 0 Å². The molecule has 0 atom stereocenters. The Hall–Kier alpha value is -1.85. The molecule has 6 heteroatoms. The van der Waals surface area contributed by atoms with Crippen molar-refractivity contribution < 1.29 is 0 Å². The Labute approximate surface area is 76.0 Å². The van der Waals surface area contributed by atoms with Gasteiger partial charge in [-0.15, -0.1) is 5.10 Å². The zero-order valence-electron chi connectivity index (χ0n) is 7.38. The van der Waals surface area contributed by atoms with Gasteiger partial charge in [0.15, 0.2) is 0 Å². The molecule has 0 aromatic carbocycles. The monoisotopic (exact) mass is 180 g/mol. The third-order valence-corrected chi connectivity index (χ3v) is 1.45. The Morgan fingerprint density at radius 1 is 1.69 bits per heavy atom. The Bertz CT molecular complexity index is 319. The van der Waals surface area contributed by atoms with Crippen molar-refractivity contribution in [1.82, 2.24) is 9.55 Å². The highest BCUT2D eigenvalue weighted by molar-refractivity contribution is 5.79. The maximum Gasteiger partial charge on any atom is 0.211 e. The minimum Gasteiger partial charge on any atom is -0.369 e. The van der Waals surface area contributed by atoms with Crippen molar-refractivity contribution in [2.75, 3.05) is 0 Å². The van der Waals surface area contributed by atoms with Gasteiger partial charge in [-0.25, -0.2) is 4.98 Å². The first-order valence-corrected chi connectivity index (χ1v) is 3.86. The lowest BCUT2D eigenvalue weighted by molar-refractivity contribution is 0.756. The van der Waals surface area contributed by atoms with E-state index in [9.17, 15) is 0 Å². The maximum absolute atomic E-state index is 5.09. The van der Waals surface area contributed by atoms with Crippen LogP contribution in [0.1, 0.15) is 12.6 Å². The summed E-state index contributed by atoms with van der Waals surface area (Å²) in [4.78, 5) is 3.95. The second kappa shape index (κ2) is 4.24. The zero-order chi connectivity index (χ0) is 9.68. The summed E-state index contributed by atoms with van der Waals surface area (Å²) in [5.74, 6) is -0.0567. The van der Waals surface area contributed by atoms with E-state index in [4.69, 9.17) is 11.5 Å². The zero-order valence-corrected chi connectivity index (χ0v) is 7.38. The summed E-state index contributed by atoms with van der Waals surface area (Å²) in [6.07, 6.45) is 4.96. The molecule has 0 unspecified atom stereocenters. The lowest BCUT2D eigenvalue weighted by Crippen LogP contribution is -2.21. The molecular weight excluding hydrogens is 168 g/mol. The highest BCUT2D eigenvalue weighted by Gasteiger charge is 1.94. The van der Waals surface area contributed by atoms with Crippen LogP contribution >= 0.6 is 0 Å². The van der Waals surface area contributed by atoms with E-state index in [1.54, 1.807) is 18.7 Å². The van der Waals surface area contributed by atoms with E-state index < -0.39 is 0 Å². The van der Waals surface area contributed by atoms with Crippen LogP contribution < -0.4 is 11.5 Å². The summed E-state index contributed by atoms with van der Waals surface area (Å²) in [5.41, 5.74) is 11.1. The third kappa shape index (κ3) is 2.58. The van der Waals surface area contributed by atoms with Crippen molar-refractivity contribution in [3.8, 4) is 0 Å². The van der Waals surface area contributed by atoms with Gasteiger partial charge in [0.2, 0.25) is 5.96 Å². The minimum atomic E-state index is -0.0567. The summed E-state index contributed by atoms with van der Waals surface area (Å²) >= 11 is 0. The Morgan fingerprint density at radius 3 is 3.08 bits per heavy atom. The number of imidazole rings is 1. The van der Waals surface area contributed by atoms with Crippen LogP contribution in [0.4, 0.5) is 0 Å². The molecule has 1 heterocycles. The van der Waals surface area contributed by atoms with Crippen LogP contribution in [0.15, 0.2) is 22.7 Å². The number of aryl methyl sites for hydroxylation is 1. The number of hydrogen-bond donors (Lipinski definition) is 2. The van der Waals surface area contributed by atoms with E-state index in [-0.39, 0.29) is 5.96 Å². The van der Waals surface area contributed by atoms with Crippen molar-refractivity contribution in [2.45, 2.75) is 13.5 Å². The van der Waals surface area contributed by atoms with Gasteiger partial charge in [-0.3, -0.25) is 0 Å². The average Bonchev–Trinajstić information content (AvgIpc) is 2.51. The molecule has 0 spiro atoms. The molecule has 0 saturated carbocycles. The SMILES string of the molecule is CCn1cncc1C=NN=C(N)N. The van der Waals surface area contributed by atoms with Gasteiger partial charge in [0.05, 0.1) is 24.4 Å². The molecule has 0 radical (unpaired) electrons. The average molecular weight is 180 g/mol. The Kier molecular flexibility index (Phi) is 3.02. The van der Waals surface area contributed by atoms with E-state index >= 15 is 0 Å². The summed E-state index contributed by atoms with van der Waals surface area (Å²) in [6, 6.07) is 0. The van der Waals surface area contributed by atoms with E-state index in [0.717, 1.165) is 12.2 Å². The molecule has 1 aromatic rings.